The van der Waals surface area contributed by atoms with Crippen LogP contribution < -0.4 is 0 Å². The number of imidazole rings is 1. The minimum atomic E-state index is 0.116. The summed E-state index contributed by atoms with van der Waals surface area (Å²) in [6.07, 6.45) is 6.03. The van der Waals surface area contributed by atoms with Crippen LogP contribution in [0.25, 0.3) is 16.8 Å². The summed E-state index contributed by atoms with van der Waals surface area (Å²) in [6.45, 7) is 2.08. The third-order valence-corrected chi connectivity index (χ3v) is 3.88. The van der Waals surface area contributed by atoms with E-state index < -0.39 is 0 Å². The zero-order valence-corrected chi connectivity index (χ0v) is 13.3. The number of rotatable bonds is 6. The lowest BCUT2D eigenvalue weighted by Gasteiger charge is -2.06. The maximum absolute atomic E-state index is 12.1. The molecule has 0 aliphatic carbocycles. The first-order valence-electron chi connectivity index (χ1n) is 8.01. The normalized spacial score (nSPS) is 10.7. The number of carbonyl (C=O) groups is 1. The predicted molar refractivity (Wildman–Crippen MR) is 92.9 cm³/mol. The predicted octanol–water partition coefficient (Wildman–Crippen LogP) is 4.91. The number of unbranched alkanes of at least 4 members (excludes halogenated alkanes) is 1. The largest absolute Gasteiger partial charge is 0.306 e. The summed E-state index contributed by atoms with van der Waals surface area (Å²) in [4.78, 5) is 16.3. The molecule has 0 bridgehead atoms. The van der Waals surface area contributed by atoms with Gasteiger partial charge >= 0.3 is 0 Å². The van der Waals surface area contributed by atoms with E-state index in [2.05, 4.69) is 36.2 Å². The first-order valence-corrected chi connectivity index (χ1v) is 8.01. The zero-order chi connectivity index (χ0) is 16.1. The summed E-state index contributed by atoms with van der Waals surface area (Å²) in [6, 6.07) is 18.5. The van der Waals surface area contributed by atoms with Gasteiger partial charge in [0.1, 0.15) is 12.0 Å². The number of ketones is 1. The topological polar surface area (TPSA) is 34.9 Å². The molecule has 0 aliphatic rings. The van der Waals surface area contributed by atoms with Crippen LogP contribution in [0.5, 0.6) is 0 Å². The molecule has 1 heterocycles. The third kappa shape index (κ3) is 3.57. The first kappa shape index (κ1) is 15.2. The molecule has 116 valence electrons. The second kappa shape index (κ2) is 7.05. The van der Waals surface area contributed by atoms with E-state index in [-0.39, 0.29) is 5.78 Å². The van der Waals surface area contributed by atoms with Crippen molar-refractivity contribution in [3.63, 3.8) is 0 Å². The molecule has 3 nitrogen and oxygen atoms in total. The second-order valence-corrected chi connectivity index (χ2v) is 5.61. The molecule has 3 heteroatoms. The van der Waals surface area contributed by atoms with Crippen LogP contribution in [0.4, 0.5) is 0 Å². The Balaban J connectivity index is 1.85. The van der Waals surface area contributed by atoms with E-state index in [1.807, 2.05) is 41.1 Å². The van der Waals surface area contributed by atoms with E-state index in [4.69, 9.17) is 0 Å². The highest BCUT2D eigenvalue weighted by Crippen LogP contribution is 2.22. The molecule has 1 aromatic heterocycles. The molecular formula is C20H20N2O. The molecular weight excluding hydrogens is 284 g/mol. The van der Waals surface area contributed by atoms with Gasteiger partial charge in [-0.1, -0.05) is 55.8 Å². The van der Waals surface area contributed by atoms with Crippen molar-refractivity contribution in [3.8, 4) is 16.8 Å². The smallest absolute Gasteiger partial charge is 0.182 e. The van der Waals surface area contributed by atoms with E-state index in [0.717, 1.165) is 24.1 Å². The van der Waals surface area contributed by atoms with Crippen molar-refractivity contribution in [1.82, 2.24) is 9.55 Å². The van der Waals surface area contributed by atoms with Crippen molar-refractivity contribution in [2.24, 2.45) is 0 Å². The molecule has 23 heavy (non-hydrogen) atoms. The number of hydrogen-bond donors (Lipinski definition) is 0. The molecule has 0 fully saturated rings. The molecule has 0 aliphatic heterocycles. The fraction of sp³-hybridized carbons (Fsp3) is 0.200. The Morgan fingerprint density at radius 2 is 1.83 bits per heavy atom. The maximum Gasteiger partial charge on any atom is 0.182 e. The fourth-order valence-electron chi connectivity index (χ4n) is 2.55. The Morgan fingerprint density at radius 3 is 2.61 bits per heavy atom. The summed E-state index contributed by atoms with van der Waals surface area (Å²) < 4.78 is 1.91. The molecule has 0 saturated carbocycles. The highest BCUT2D eigenvalue weighted by molar-refractivity contribution is 5.94. The lowest BCUT2D eigenvalue weighted by molar-refractivity contribution is 0.0975. The van der Waals surface area contributed by atoms with Gasteiger partial charge in [0.15, 0.2) is 5.78 Å². The average molecular weight is 304 g/mol. The quantitative estimate of drug-likeness (QED) is 0.606. The van der Waals surface area contributed by atoms with Crippen LogP contribution in [-0.4, -0.2) is 15.3 Å². The third-order valence-electron chi connectivity index (χ3n) is 3.88. The summed E-state index contributed by atoms with van der Waals surface area (Å²) in [7, 11) is 0. The van der Waals surface area contributed by atoms with Crippen molar-refractivity contribution in [1.29, 1.82) is 0 Å². The van der Waals surface area contributed by atoms with Crippen LogP contribution in [0.2, 0.25) is 0 Å². The van der Waals surface area contributed by atoms with Gasteiger partial charge in [-0.25, -0.2) is 4.98 Å². The van der Waals surface area contributed by atoms with Crippen molar-refractivity contribution in [2.45, 2.75) is 26.2 Å². The van der Waals surface area contributed by atoms with E-state index >= 15 is 0 Å². The van der Waals surface area contributed by atoms with Crippen LogP contribution in [0, 0.1) is 0 Å². The van der Waals surface area contributed by atoms with Gasteiger partial charge in [0.25, 0.3) is 0 Å². The van der Waals surface area contributed by atoms with E-state index in [9.17, 15) is 4.79 Å². The number of Topliss-reactive ketones (excluding diaryl/α,β-unsaturated/α-hetero) is 1. The Bertz CT molecular complexity index is 790. The monoisotopic (exact) mass is 304 g/mol. The molecule has 0 N–H and O–H groups in total. The molecule has 0 amide bonds. The van der Waals surface area contributed by atoms with Gasteiger partial charge in [0.05, 0.1) is 0 Å². The van der Waals surface area contributed by atoms with Gasteiger partial charge in [-0.2, -0.15) is 0 Å². The maximum atomic E-state index is 12.1. The van der Waals surface area contributed by atoms with E-state index in [1.165, 1.54) is 5.56 Å². The number of aromatic nitrogens is 2. The summed E-state index contributed by atoms with van der Waals surface area (Å²) >= 11 is 0. The van der Waals surface area contributed by atoms with E-state index in [1.54, 1.807) is 6.33 Å². The molecule has 0 unspecified atom stereocenters. The molecule has 2 aromatic carbocycles. The molecule has 0 spiro atoms. The van der Waals surface area contributed by atoms with Crippen molar-refractivity contribution in [2.75, 3.05) is 0 Å². The van der Waals surface area contributed by atoms with Gasteiger partial charge in [-0.05, 0) is 29.7 Å². The molecule has 0 radical (unpaired) electrons. The summed E-state index contributed by atoms with van der Waals surface area (Å²) in [5.41, 5.74) is 3.88. The summed E-state index contributed by atoms with van der Waals surface area (Å²) in [5, 5.41) is 0. The van der Waals surface area contributed by atoms with Crippen LogP contribution in [-0.2, 0) is 0 Å². The van der Waals surface area contributed by atoms with Crippen molar-refractivity contribution < 1.29 is 4.79 Å². The Morgan fingerprint density at radius 1 is 1.04 bits per heavy atom. The second-order valence-electron chi connectivity index (χ2n) is 5.61. The van der Waals surface area contributed by atoms with Gasteiger partial charge in [0, 0.05) is 18.3 Å². The number of benzene rings is 2. The SMILES string of the molecule is CCCCC(=O)c1cn(-c2cccc(-c3ccccc3)c2)cn1. The fourth-order valence-corrected chi connectivity index (χ4v) is 2.55. The lowest BCUT2D eigenvalue weighted by atomic mass is 10.1. The van der Waals surface area contributed by atoms with Gasteiger partial charge < -0.3 is 4.57 Å². The van der Waals surface area contributed by atoms with Crippen LogP contribution in [0.1, 0.15) is 36.7 Å². The number of hydrogen-bond acceptors (Lipinski definition) is 2. The Labute approximate surface area is 136 Å². The number of carbonyl (C=O) groups excluding carboxylic acids is 1. The molecule has 0 saturated heterocycles. The van der Waals surface area contributed by atoms with Gasteiger partial charge in [-0.15, -0.1) is 0 Å². The van der Waals surface area contributed by atoms with Gasteiger partial charge in [0.2, 0.25) is 0 Å². The first-order chi connectivity index (χ1) is 11.3. The highest BCUT2D eigenvalue weighted by Gasteiger charge is 2.09. The molecule has 3 rings (SSSR count). The number of nitrogens with zero attached hydrogens (tertiary/aromatic N) is 2. The van der Waals surface area contributed by atoms with Crippen molar-refractivity contribution in [3.05, 3.63) is 72.8 Å². The van der Waals surface area contributed by atoms with Crippen molar-refractivity contribution >= 4 is 5.78 Å². The molecule has 0 atom stereocenters. The van der Waals surface area contributed by atoms with Crippen LogP contribution >= 0.6 is 0 Å². The Kier molecular flexibility index (Phi) is 4.67. The summed E-state index contributed by atoms with van der Waals surface area (Å²) in [5.74, 6) is 0.116. The highest BCUT2D eigenvalue weighted by atomic mass is 16.1. The minimum Gasteiger partial charge on any atom is -0.306 e. The average Bonchev–Trinajstić information content (AvgIpc) is 3.11. The van der Waals surface area contributed by atoms with Gasteiger partial charge in [-0.3, -0.25) is 4.79 Å². The van der Waals surface area contributed by atoms with Crippen LogP contribution in [0.15, 0.2) is 67.1 Å². The minimum absolute atomic E-state index is 0.116. The standard InChI is InChI=1S/C20H20N2O/c1-2-3-12-20(23)19-14-22(15-21-19)18-11-7-10-17(13-18)16-8-5-4-6-9-16/h4-11,13-15H,2-3,12H2,1H3. The van der Waals surface area contributed by atoms with Crippen LogP contribution in [0.3, 0.4) is 0 Å². The zero-order valence-electron chi connectivity index (χ0n) is 13.3. The Hall–Kier alpha value is -2.68. The van der Waals surface area contributed by atoms with E-state index in [0.29, 0.717) is 12.1 Å². The lowest BCUT2D eigenvalue weighted by Crippen LogP contribution is -1.99. The molecule has 3 aromatic rings.